The summed E-state index contributed by atoms with van der Waals surface area (Å²) in [4.78, 5) is 8.81. The molecule has 3 heteroatoms. The summed E-state index contributed by atoms with van der Waals surface area (Å²) in [5, 5.41) is 4.61. The van der Waals surface area contributed by atoms with Gasteiger partial charge in [-0.25, -0.2) is 0 Å². The number of fused-ring (bicyclic) bond motifs is 1. The fourth-order valence-electron chi connectivity index (χ4n) is 2.27. The Bertz CT molecular complexity index is 722. The number of hydrogen-bond acceptors (Lipinski definition) is 3. The van der Waals surface area contributed by atoms with Crippen LogP contribution in [-0.4, -0.2) is 9.97 Å². The van der Waals surface area contributed by atoms with Crippen LogP contribution in [0.5, 0.6) is 0 Å². The summed E-state index contributed by atoms with van der Waals surface area (Å²) < 4.78 is 0. The maximum Gasteiger partial charge on any atom is 0.0702 e. The Labute approximate surface area is 118 Å². The van der Waals surface area contributed by atoms with Gasteiger partial charge in [0.1, 0.15) is 0 Å². The van der Waals surface area contributed by atoms with Crippen LogP contribution in [0.2, 0.25) is 0 Å². The van der Waals surface area contributed by atoms with Crippen molar-refractivity contribution in [1.82, 2.24) is 15.3 Å². The molecule has 2 aromatic heterocycles. The lowest BCUT2D eigenvalue weighted by Crippen LogP contribution is -2.13. The number of hydrogen-bond donors (Lipinski definition) is 1. The third-order valence-electron chi connectivity index (χ3n) is 3.25. The van der Waals surface area contributed by atoms with Crippen LogP contribution in [0.15, 0.2) is 54.7 Å². The molecule has 0 fully saturated rings. The average molecular weight is 263 g/mol. The van der Waals surface area contributed by atoms with E-state index < -0.39 is 0 Å². The monoisotopic (exact) mass is 263 g/mol. The Morgan fingerprint density at radius 1 is 1.00 bits per heavy atom. The fourth-order valence-corrected chi connectivity index (χ4v) is 2.27. The lowest BCUT2D eigenvalue weighted by atomic mass is 10.1. The molecule has 0 aliphatic heterocycles. The van der Waals surface area contributed by atoms with Gasteiger partial charge < -0.3 is 5.32 Å². The SMILES string of the molecule is Cc1cccc(CNCc2ccc3ncccc3c2)n1. The first-order chi connectivity index (χ1) is 9.81. The van der Waals surface area contributed by atoms with Crippen molar-refractivity contribution in [2.24, 2.45) is 0 Å². The summed E-state index contributed by atoms with van der Waals surface area (Å²) in [5.41, 5.74) is 4.43. The van der Waals surface area contributed by atoms with E-state index in [0.29, 0.717) is 0 Å². The van der Waals surface area contributed by atoms with Gasteiger partial charge in [0.2, 0.25) is 0 Å². The number of aromatic nitrogens is 2. The second-order valence-electron chi connectivity index (χ2n) is 4.90. The van der Waals surface area contributed by atoms with E-state index in [-0.39, 0.29) is 0 Å². The molecule has 0 aliphatic rings. The highest BCUT2D eigenvalue weighted by molar-refractivity contribution is 5.78. The van der Waals surface area contributed by atoms with Crippen LogP contribution < -0.4 is 5.32 Å². The van der Waals surface area contributed by atoms with Crippen LogP contribution in [-0.2, 0) is 13.1 Å². The zero-order valence-electron chi connectivity index (χ0n) is 11.5. The van der Waals surface area contributed by atoms with Crippen LogP contribution in [0.3, 0.4) is 0 Å². The molecule has 3 rings (SSSR count). The molecule has 0 saturated heterocycles. The molecular weight excluding hydrogens is 246 g/mol. The molecule has 0 atom stereocenters. The van der Waals surface area contributed by atoms with Crippen molar-refractivity contribution in [2.75, 3.05) is 0 Å². The van der Waals surface area contributed by atoms with E-state index in [1.54, 1.807) is 0 Å². The Balaban J connectivity index is 1.65. The van der Waals surface area contributed by atoms with Gasteiger partial charge in [0.25, 0.3) is 0 Å². The summed E-state index contributed by atoms with van der Waals surface area (Å²) in [6.07, 6.45) is 1.82. The molecule has 0 spiro atoms. The Morgan fingerprint density at radius 3 is 2.85 bits per heavy atom. The third-order valence-corrected chi connectivity index (χ3v) is 3.25. The Kier molecular flexibility index (Phi) is 3.70. The van der Waals surface area contributed by atoms with Gasteiger partial charge in [-0.3, -0.25) is 9.97 Å². The van der Waals surface area contributed by atoms with E-state index >= 15 is 0 Å². The number of nitrogens with one attached hydrogen (secondary N) is 1. The quantitative estimate of drug-likeness (QED) is 0.785. The summed E-state index contributed by atoms with van der Waals surface area (Å²) in [7, 11) is 0. The van der Waals surface area contributed by atoms with Crippen molar-refractivity contribution in [3.63, 3.8) is 0 Å². The molecule has 0 radical (unpaired) electrons. The zero-order valence-corrected chi connectivity index (χ0v) is 11.5. The molecule has 20 heavy (non-hydrogen) atoms. The van der Waals surface area contributed by atoms with Crippen LogP contribution in [0, 0.1) is 6.92 Å². The Hall–Kier alpha value is -2.26. The van der Waals surface area contributed by atoms with E-state index in [1.165, 1.54) is 10.9 Å². The zero-order chi connectivity index (χ0) is 13.8. The maximum absolute atomic E-state index is 4.48. The van der Waals surface area contributed by atoms with Crippen molar-refractivity contribution in [3.8, 4) is 0 Å². The smallest absolute Gasteiger partial charge is 0.0702 e. The molecule has 3 aromatic rings. The van der Waals surface area contributed by atoms with Gasteiger partial charge in [0, 0.05) is 30.4 Å². The molecule has 3 nitrogen and oxygen atoms in total. The van der Waals surface area contributed by atoms with Gasteiger partial charge in [-0.1, -0.05) is 18.2 Å². The van der Waals surface area contributed by atoms with Gasteiger partial charge in [-0.15, -0.1) is 0 Å². The van der Waals surface area contributed by atoms with Crippen LogP contribution in [0.1, 0.15) is 17.0 Å². The first-order valence-corrected chi connectivity index (χ1v) is 6.78. The highest BCUT2D eigenvalue weighted by atomic mass is 14.9. The summed E-state index contributed by atoms with van der Waals surface area (Å²) >= 11 is 0. The molecule has 2 heterocycles. The van der Waals surface area contributed by atoms with Crippen molar-refractivity contribution in [1.29, 1.82) is 0 Å². The molecule has 0 amide bonds. The van der Waals surface area contributed by atoms with Crippen LogP contribution >= 0.6 is 0 Å². The van der Waals surface area contributed by atoms with Crippen molar-refractivity contribution in [3.05, 3.63) is 71.7 Å². The Morgan fingerprint density at radius 2 is 1.95 bits per heavy atom. The minimum atomic E-state index is 0.784. The molecule has 0 saturated carbocycles. The van der Waals surface area contributed by atoms with E-state index in [0.717, 1.165) is 30.0 Å². The molecule has 1 N–H and O–H groups in total. The third kappa shape index (κ3) is 3.00. The van der Waals surface area contributed by atoms with Crippen molar-refractivity contribution >= 4 is 10.9 Å². The molecule has 0 aliphatic carbocycles. The highest BCUT2D eigenvalue weighted by Gasteiger charge is 1.98. The normalized spacial score (nSPS) is 10.8. The number of benzene rings is 1. The topological polar surface area (TPSA) is 37.8 Å². The number of aryl methyl sites for hydroxylation is 1. The standard InChI is InChI=1S/C17H17N3/c1-13-4-2-6-16(20-13)12-18-11-14-7-8-17-15(10-14)5-3-9-19-17/h2-10,18H,11-12H2,1H3. The number of pyridine rings is 2. The average Bonchev–Trinajstić information content (AvgIpc) is 2.47. The predicted octanol–water partition coefficient (Wildman–Crippen LogP) is 3.23. The van der Waals surface area contributed by atoms with Crippen LogP contribution in [0.25, 0.3) is 10.9 Å². The van der Waals surface area contributed by atoms with Gasteiger partial charge in [-0.2, -0.15) is 0 Å². The van der Waals surface area contributed by atoms with E-state index in [2.05, 4.69) is 39.6 Å². The van der Waals surface area contributed by atoms with E-state index in [4.69, 9.17) is 0 Å². The summed E-state index contributed by atoms with van der Waals surface area (Å²) in [5.74, 6) is 0. The number of rotatable bonds is 4. The predicted molar refractivity (Wildman–Crippen MR) is 81.3 cm³/mol. The second kappa shape index (κ2) is 5.80. The highest BCUT2D eigenvalue weighted by Crippen LogP contribution is 2.13. The lowest BCUT2D eigenvalue weighted by Gasteiger charge is -2.06. The van der Waals surface area contributed by atoms with E-state index in [1.807, 2.05) is 37.4 Å². The second-order valence-corrected chi connectivity index (χ2v) is 4.90. The molecule has 0 unspecified atom stereocenters. The summed E-state index contributed by atoms with van der Waals surface area (Å²) in [6, 6.07) is 16.5. The van der Waals surface area contributed by atoms with Gasteiger partial charge in [-0.05, 0) is 42.8 Å². The van der Waals surface area contributed by atoms with Gasteiger partial charge in [0.15, 0.2) is 0 Å². The fraction of sp³-hybridized carbons (Fsp3) is 0.176. The molecule has 100 valence electrons. The first-order valence-electron chi connectivity index (χ1n) is 6.78. The van der Waals surface area contributed by atoms with Crippen molar-refractivity contribution < 1.29 is 0 Å². The number of nitrogens with zero attached hydrogens (tertiary/aromatic N) is 2. The molecular formula is C17H17N3. The molecule has 1 aromatic carbocycles. The summed E-state index contributed by atoms with van der Waals surface area (Å²) in [6.45, 7) is 3.63. The van der Waals surface area contributed by atoms with Crippen molar-refractivity contribution in [2.45, 2.75) is 20.0 Å². The van der Waals surface area contributed by atoms with Crippen LogP contribution in [0.4, 0.5) is 0 Å². The maximum atomic E-state index is 4.48. The minimum absolute atomic E-state index is 0.784. The largest absolute Gasteiger partial charge is 0.307 e. The van der Waals surface area contributed by atoms with Gasteiger partial charge >= 0.3 is 0 Å². The van der Waals surface area contributed by atoms with Gasteiger partial charge in [0.05, 0.1) is 11.2 Å². The lowest BCUT2D eigenvalue weighted by molar-refractivity contribution is 0.678. The van der Waals surface area contributed by atoms with E-state index in [9.17, 15) is 0 Å². The molecule has 0 bridgehead atoms. The minimum Gasteiger partial charge on any atom is -0.307 e. The first kappa shape index (κ1) is 12.8.